The first kappa shape index (κ1) is 17.3. The molecule has 1 aromatic heterocycles. The topological polar surface area (TPSA) is 97.0 Å². The number of carbonyl (C=O) groups is 1. The summed E-state index contributed by atoms with van der Waals surface area (Å²) in [5.41, 5.74) is 1.46. The van der Waals surface area contributed by atoms with Crippen LogP contribution in [0.15, 0.2) is 53.3 Å². The molecule has 0 spiro atoms. The zero-order chi connectivity index (χ0) is 18.5. The van der Waals surface area contributed by atoms with Gasteiger partial charge in [0.1, 0.15) is 11.5 Å². The molecule has 0 atom stereocenters. The van der Waals surface area contributed by atoms with Crippen LogP contribution in [0.2, 0.25) is 0 Å². The number of aromatic amines is 1. The summed E-state index contributed by atoms with van der Waals surface area (Å²) in [4.78, 5) is 26.3. The first-order valence-corrected chi connectivity index (χ1v) is 7.71. The van der Waals surface area contributed by atoms with Crippen LogP contribution in [0, 0.1) is 5.82 Å². The minimum Gasteiger partial charge on any atom is -0.465 e. The molecule has 0 aliphatic rings. The molecule has 0 fully saturated rings. The van der Waals surface area contributed by atoms with E-state index in [1.165, 1.54) is 19.2 Å². The minimum atomic E-state index is -0.470. The normalized spacial score (nSPS) is 10.4. The van der Waals surface area contributed by atoms with Gasteiger partial charge in [-0.2, -0.15) is 0 Å². The highest BCUT2D eigenvalue weighted by Crippen LogP contribution is 2.14. The predicted octanol–water partition coefficient (Wildman–Crippen LogP) is 2.42. The van der Waals surface area contributed by atoms with Crippen LogP contribution < -0.4 is 10.9 Å². The number of halogens is 1. The van der Waals surface area contributed by atoms with Gasteiger partial charge in [-0.25, -0.2) is 9.18 Å². The number of benzene rings is 2. The second kappa shape index (κ2) is 7.56. The van der Waals surface area contributed by atoms with Crippen LogP contribution in [-0.4, -0.2) is 28.3 Å². The summed E-state index contributed by atoms with van der Waals surface area (Å²) < 4.78 is 17.6. The summed E-state index contributed by atoms with van der Waals surface area (Å²) in [6, 6.07) is 12.4. The van der Waals surface area contributed by atoms with E-state index in [0.29, 0.717) is 11.3 Å². The number of hydrogen-bond donors (Lipinski definition) is 2. The van der Waals surface area contributed by atoms with Crippen molar-refractivity contribution in [3.05, 3.63) is 81.5 Å². The van der Waals surface area contributed by atoms with E-state index in [0.717, 1.165) is 5.56 Å². The molecule has 0 bridgehead atoms. The molecule has 0 amide bonds. The summed E-state index contributed by atoms with van der Waals surface area (Å²) >= 11 is 0. The van der Waals surface area contributed by atoms with Gasteiger partial charge >= 0.3 is 5.97 Å². The van der Waals surface area contributed by atoms with E-state index in [1.54, 1.807) is 36.4 Å². The standard InChI is InChI=1S/C18H15FN4O3/c1-26-17(25)12-3-2-4-14(10-12)20-18-21-16(24)15(22-23-18)9-11-5-7-13(19)8-6-11/h2-8,10H,9H2,1H3,(H2,20,21,23,24). The van der Waals surface area contributed by atoms with Crippen molar-refractivity contribution in [1.29, 1.82) is 0 Å². The number of aromatic nitrogens is 3. The minimum absolute atomic E-state index is 0.139. The Labute approximate surface area is 147 Å². The van der Waals surface area contributed by atoms with Crippen LogP contribution in [0.3, 0.4) is 0 Å². The van der Waals surface area contributed by atoms with Gasteiger partial charge in [-0.05, 0) is 35.9 Å². The Morgan fingerprint density at radius 2 is 1.96 bits per heavy atom. The van der Waals surface area contributed by atoms with Crippen molar-refractivity contribution < 1.29 is 13.9 Å². The maximum Gasteiger partial charge on any atom is 0.337 e. The van der Waals surface area contributed by atoms with Crippen molar-refractivity contribution in [3.8, 4) is 0 Å². The van der Waals surface area contributed by atoms with Gasteiger partial charge in [-0.15, -0.1) is 10.2 Å². The SMILES string of the molecule is COC(=O)c1cccc(Nc2nnc(Cc3ccc(F)cc3)c(=O)[nH]2)c1. The number of esters is 1. The molecule has 8 heteroatoms. The van der Waals surface area contributed by atoms with Crippen LogP contribution >= 0.6 is 0 Å². The van der Waals surface area contributed by atoms with Crippen molar-refractivity contribution in [3.63, 3.8) is 0 Å². The fourth-order valence-electron chi connectivity index (χ4n) is 2.31. The number of anilines is 2. The monoisotopic (exact) mass is 354 g/mol. The lowest BCUT2D eigenvalue weighted by molar-refractivity contribution is 0.0601. The number of nitrogens with one attached hydrogen (secondary N) is 2. The van der Waals surface area contributed by atoms with Gasteiger partial charge in [0.05, 0.1) is 12.7 Å². The average molecular weight is 354 g/mol. The van der Waals surface area contributed by atoms with Crippen molar-refractivity contribution in [2.45, 2.75) is 6.42 Å². The summed E-state index contributed by atoms with van der Waals surface area (Å²) in [5, 5.41) is 10.7. The van der Waals surface area contributed by atoms with Gasteiger partial charge in [0.15, 0.2) is 0 Å². The second-order valence-corrected chi connectivity index (χ2v) is 5.45. The fraction of sp³-hybridized carbons (Fsp3) is 0.111. The molecule has 0 aliphatic heterocycles. The lowest BCUT2D eigenvalue weighted by atomic mass is 10.1. The maximum atomic E-state index is 12.9. The predicted molar refractivity (Wildman–Crippen MR) is 92.9 cm³/mol. The third kappa shape index (κ3) is 4.10. The van der Waals surface area contributed by atoms with Crippen LogP contribution in [0.5, 0.6) is 0 Å². The van der Waals surface area contributed by atoms with E-state index in [2.05, 4.69) is 25.2 Å². The Hall–Kier alpha value is -3.55. The summed E-state index contributed by atoms with van der Waals surface area (Å²) in [6.07, 6.45) is 0.237. The zero-order valence-electron chi connectivity index (χ0n) is 13.8. The average Bonchev–Trinajstić information content (AvgIpc) is 2.65. The quantitative estimate of drug-likeness (QED) is 0.683. The molecule has 26 heavy (non-hydrogen) atoms. The molecule has 1 heterocycles. The highest BCUT2D eigenvalue weighted by Gasteiger charge is 2.09. The van der Waals surface area contributed by atoms with Crippen molar-refractivity contribution in [2.24, 2.45) is 0 Å². The third-order valence-corrected chi connectivity index (χ3v) is 3.60. The number of methoxy groups -OCH3 is 1. The number of ether oxygens (including phenoxy) is 1. The van der Waals surface area contributed by atoms with E-state index in [-0.39, 0.29) is 23.9 Å². The van der Waals surface area contributed by atoms with Crippen LogP contribution in [-0.2, 0) is 11.2 Å². The molecule has 7 nitrogen and oxygen atoms in total. The molecule has 132 valence electrons. The molecule has 0 aliphatic carbocycles. The Bertz CT molecular complexity index is 986. The zero-order valence-corrected chi connectivity index (χ0v) is 13.8. The van der Waals surface area contributed by atoms with Gasteiger partial charge in [0.25, 0.3) is 5.56 Å². The van der Waals surface area contributed by atoms with Gasteiger partial charge in [-0.1, -0.05) is 18.2 Å². The lowest BCUT2D eigenvalue weighted by Crippen LogP contribution is -2.19. The Kier molecular flexibility index (Phi) is 5.02. The summed E-state index contributed by atoms with van der Waals surface area (Å²) in [6.45, 7) is 0. The number of carbonyl (C=O) groups excluding carboxylic acids is 1. The molecule has 0 saturated carbocycles. The smallest absolute Gasteiger partial charge is 0.337 e. The molecule has 0 saturated heterocycles. The van der Waals surface area contributed by atoms with Gasteiger partial charge in [0, 0.05) is 12.1 Å². The second-order valence-electron chi connectivity index (χ2n) is 5.45. The van der Waals surface area contributed by atoms with Crippen molar-refractivity contribution in [1.82, 2.24) is 15.2 Å². The molecule has 0 radical (unpaired) electrons. The van der Waals surface area contributed by atoms with Gasteiger partial charge < -0.3 is 10.1 Å². The summed E-state index contributed by atoms with van der Waals surface area (Å²) in [5.74, 6) is -0.676. The molecule has 2 aromatic carbocycles. The van der Waals surface area contributed by atoms with E-state index in [4.69, 9.17) is 0 Å². The largest absolute Gasteiger partial charge is 0.465 e. The molecule has 3 rings (SSSR count). The van der Waals surface area contributed by atoms with Gasteiger partial charge in [-0.3, -0.25) is 9.78 Å². The third-order valence-electron chi connectivity index (χ3n) is 3.60. The first-order chi connectivity index (χ1) is 12.5. The van der Waals surface area contributed by atoms with Crippen molar-refractivity contribution in [2.75, 3.05) is 12.4 Å². The maximum absolute atomic E-state index is 12.9. The summed E-state index contributed by atoms with van der Waals surface area (Å²) in [7, 11) is 1.30. The lowest BCUT2D eigenvalue weighted by Gasteiger charge is -2.07. The number of H-pyrrole nitrogens is 1. The molecular weight excluding hydrogens is 339 g/mol. The highest BCUT2D eigenvalue weighted by atomic mass is 19.1. The van der Waals surface area contributed by atoms with E-state index >= 15 is 0 Å². The highest BCUT2D eigenvalue weighted by molar-refractivity contribution is 5.90. The Balaban J connectivity index is 1.76. The van der Waals surface area contributed by atoms with E-state index in [9.17, 15) is 14.0 Å². The molecule has 2 N–H and O–H groups in total. The fourth-order valence-corrected chi connectivity index (χ4v) is 2.31. The number of hydrogen-bond acceptors (Lipinski definition) is 6. The number of rotatable bonds is 5. The molecule has 3 aromatic rings. The van der Waals surface area contributed by atoms with E-state index in [1.807, 2.05) is 0 Å². The molecular formula is C18H15FN4O3. The van der Waals surface area contributed by atoms with Crippen LogP contribution in [0.4, 0.5) is 16.0 Å². The number of nitrogens with zero attached hydrogens (tertiary/aromatic N) is 2. The van der Waals surface area contributed by atoms with Crippen LogP contribution in [0.25, 0.3) is 0 Å². The van der Waals surface area contributed by atoms with Gasteiger partial charge in [0.2, 0.25) is 5.95 Å². The Morgan fingerprint density at radius 3 is 2.65 bits per heavy atom. The molecule has 0 unspecified atom stereocenters. The Morgan fingerprint density at radius 1 is 1.19 bits per heavy atom. The van der Waals surface area contributed by atoms with Crippen LogP contribution in [0.1, 0.15) is 21.6 Å². The van der Waals surface area contributed by atoms with Crippen molar-refractivity contribution >= 4 is 17.6 Å². The first-order valence-electron chi connectivity index (χ1n) is 7.71. The van der Waals surface area contributed by atoms with E-state index < -0.39 is 11.5 Å².